The Kier molecular flexibility index (Phi) is 5.06. The number of methoxy groups -OCH3 is 2. The van der Waals surface area contributed by atoms with E-state index >= 15 is 0 Å². The molecule has 3 rings (SSSR count). The van der Waals surface area contributed by atoms with Gasteiger partial charge >= 0.3 is 0 Å². The Labute approximate surface area is 142 Å². The molecule has 0 amide bonds. The first-order valence-electron chi connectivity index (χ1n) is 8.27. The number of hydrogen-bond acceptors (Lipinski definition) is 5. The lowest BCUT2D eigenvalue weighted by Gasteiger charge is -2.38. The quantitative estimate of drug-likeness (QED) is 0.876. The molecule has 1 aromatic carbocycles. The molecule has 2 heterocycles. The number of benzene rings is 1. The van der Waals surface area contributed by atoms with Gasteiger partial charge in [-0.2, -0.15) is 0 Å². The molecule has 0 bridgehead atoms. The summed E-state index contributed by atoms with van der Waals surface area (Å²) in [6.45, 7) is 3.62. The third kappa shape index (κ3) is 3.71. The Bertz CT molecular complexity index is 627. The Balaban J connectivity index is 1.63. The highest BCUT2D eigenvalue weighted by Crippen LogP contribution is 2.36. The van der Waals surface area contributed by atoms with Crippen LogP contribution in [0.1, 0.15) is 18.4 Å². The fourth-order valence-electron chi connectivity index (χ4n) is 3.19. The smallest absolute Gasteiger partial charge is 0.122 e. The number of imidazole rings is 1. The number of ether oxygens (including phenoxy) is 2. The summed E-state index contributed by atoms with van der Waals surface area (Å²) in [4.78, 5) is 6.44. The van der Waals surface area contributed by atoms with E-state index in [9.17, 15) is 5.11 Å². The van der Waals surface area contributed by atoms with Crippen LogP contribution in [0.3, 0.4) is 0 Å². The van der Waals surface area contributed by atoms with Crippen molar-refractivity contribution in [1.29, 1.82) is 0 Å². The van der Waals surface area contributed by atoms with Crippen molar-refractivity contribution in [3.8, 4) is 11.5 Å². The minimum Gasteiger partial charge on any atom is -0.497 e. The van der Waals surface area contributed by atoms with Crippen LogP contribution < -0.4 is 9.47 Å². The van der Waals surface area contributed by atoms with Gasteiger partial charge in [-0.1, -0.05) is 0 Å². The topological polar surface area (TPSA) is 59.8 Å². The predicted octanol–water partition coefficient (Wildman–Crippen LogP) is 1.88. The van der Waals surface area contributed by atoms with Crippen molar-refractivity contribution in [3.63, 3.8) is 0 Å². The predicted molar refractivity (Wildman–Crippen MR) is 91.3 cm³/mol. The van der Waals surface area contributed by atoms with Crippen LogP contribution in [0, 0.1) is 0 Å². The summed E-state index contributed by atoms with van der Waals surface area (Å²) in [5.74, 6) is 1.42. The van der Waals surface area contributed by atoms with E-state index in [0.717, 1.165) is 31.7 Å². The highest BCUT2D eigenvalue weighted by atomic mass is 16.5. The SMILES string of the molecule is COc1cc(OC)cc(C2(O)CCN(CCn3ccnc3)CC2)c1. The van der Waals surface area contributed by atoms with Gasteiger partial charge in [0.1, 0.15) is 11.5 Å². The van der Waals surface area contributed by atoms with Crippen LogP contribution in [-0.2, 0) is 12.1 Å². The molecule has 1 N–H and O–H groups in total. The van der Waals surface area contributed by atoms with Gasteiger partial charge in [0.2, 0.25) is 0 Å². The highest BCUT2D eigenvalue weighted by molar-refractivity contribution is 5.41. The zero-order valence-electron chi connectivity index (χ0n) is 14.3. The van der Waals surface area contributed by atoms with E-state index in [4.69, 9.17) is 9.47 Å². The number of aliphatic hydroxyl groups is 1. The second-order valence-electron chi connectivity index (χ2n) is 6.28. The Morgan fingerprint density at radius 1 is 1.08 bits per heavy atom. The summed E-state index contributed by atoms with van der Waals surface area (Å²) < 4.78 is 12.7. The monoisotopic (exact) mass is 331 g/mol. The van der Waals surface area contributed by atoms with Gasteiger partial charge in [-0.05, 0) is 30.5 Å². The van der Waals surface area contributed by atoms with Gasteiger partial charge in [0.15, 0.2) is 0 Å². The molecule has 6 nitrogen and oxygen atoms in total. The minimum atomic E-state index is -0.826. The zero-order chi connectivity index (χ0) is 17.0. The molecule has 0 aliphatic carbocycles. The summed E-state index contributed by atoms with van der Waals surface area (Å²) in [7, 11) is 3.25. The van der Waals surface area contributed by atoms with Crippen LogP contribution >= 0.6 is 0 Å². The average molecular weight is 331 g/mol. The fourth-order valence-corrected chi connectivity index (χ4v) is 3.19. The third-order valence-electron chi connectivity index (χ3n) is 4.81. The first-order valence-corrected chi connectivity index (χ1v) is 8.27. The summed E-state index contributed by atoms with van der Waals surface area (Å²) in [5.41, 5.74) is 0.0424. The highest BCUT2D eigenvalue weighted by Gasteiger charge is 2.34. The summed E-state index contributed by atoms with van der Waals surface area (Å²) >= 11 is 0. The van der Waals surface area contributed by atoms with Crippen LogP contribution in [0.2, 0.25) is 0 Å². The molecule has 0 spiro atoms. The first kappa shape index (κ1) is 16.8. The Morgan fingerprint density at radius 2 is 1.75 bits per heavy atom. The lowest BCUT2D eigenvalue weighted by Crippen LogP contribution is -2.43. The summed E-state index contributed by atoms with van der Waals surface area (Å²) in [5, 5.41) is 11.1. The lowest BCUT2D eigenvalue weighted by atomic mass is 9.84. The standard InChI is InChI=1S/C18H25N3O3/c1-23-16-11-15(12-17(13-16)24-2)18(22)3-6-20(7-4-18)9-10-21-8-5-19-14-21/h5,8,11-14,22H,3-4,6-7,9-10H2,1-2H3. The van der Waals surface area contributed by atoms with E-state index < -0.39 is 5.60 Å². The van der Waals surface area contributed by atoms with Gasteiger partial charge in [-0.3, -0.25) is 0 Å². The molecule has 130 valence electrons. The molecule has 0 radical (unpaired) electrons. The third-order valence-corrected chi connectivity index (χ3v) is 4.81. The number of piperidine rings is 1. The van der Waals surface area contributed by atoms with Crippen LogP contribution in [-0.4, -0.2) is 53.4 Å². The molecule has 1 aromatic heterocycles. The van der Waals surface area contributed by atoms with Crippen molar-refractivity contribution < 1.29 is 14.6 Å². The molecule has 24 heavy (non-hydrogen) atoms. The minimum absolute atomic E-state index is 0.702. The van der Waals surface area contributed by atoms with Gasteiger partial charge in [0.25, 0.3) is 0 Å². The van der Waals surface area contributed by atoms with Gasteiger partial charge < -0.3 is 24.0 Å². The molecule has 0 atom stereocenters. The maximum absolute atomic E-state index is 11.1. The Hall–Kier alpha value is -2.05. The summed E-state index contributed by atoms with van der Waals surface area (Å²) in [6, 6.07) is 5.64. The van der Waals surface area contributed by atoms with Gasteiger partial charge in [-0.15, -0.1) is 0 Å². The normalized spacial score (nSPS) is 17.6. The van der Waals surface area contributed by atoms with E-state index in [1.165, 1.54) is 0 Å². The van der Waals surface area contributed by atoms with Crippen molar-refractivity contribution >= 4 is 0 Å². The molecule has 0 saturated carbocycles. The van der Waals surface area contributed by atoms with Crippen molar-refractivity contribution in [2.24, 2.45) is 0 Å². The summed E-state index contributed by atoms with van der Waals surface area (Å²) in [6.07, 6.45) is 7.01. The zero-order valence-corrected chi connectivity index (χ0v) is 14.3. The number of aromatic nitrogens is 2. The molecule has 1 aliphatic heterocycles. The molecule has 1 aliphatic rings. The molecule has 2 aromatic rings. The van der Waals surface area contributed by atoms with Gasteiger partial charge in [0, 0.05) is 44.6 Å². The van der Waals surface area contributed by atoms with Gasteiger partial charge in [0.05, 0.1) is 26.1 Å². The van der Waals surface area contributed by atoms with Crippen LogP contribution in [0.25, 0.3) is 0 Å². The molecular weight excluding hydrogens is 306 g/mol. The maximum Gasteiger partial charge on any atom is 0.122 e. The number of rotatable bonds is 6. The van der Waals surface area contributed by atoms with Gasteiger partial charge in [-0.25, -0.2) is 4.98 Å². The lowest BCUT2D eigenvalue weighted by molar-refractivity contribution is -0.0266. The van der Waals surface area contributed by atoms with E-state index in [-0.39, 0.29) is 0 Å². The number of likely N-dealkylation sites (tertiary alicyclic amines) is 1. The van der Waals surface area contributed by atoms with Crippen molar-refractivity contribution in [1.82, 2.24) is 14.5 Å². The fraction of sp³-hybridized carbons (Fsp3) is 0.500. The largest absolute Gasteiger partial charge is 0.497 e. The van der Waals surface area contributed by atoms with E-state index in [2.05, 4.69) is 14.5 Å². The van der Waals surface area contributed by atoms with E-state index in [0.29, 0.717) is 24.3 Å². The molecule has 1 fully saturated rings. The van der Waals surface area contributed by atoms with Crippen LogP contribution in [0.4, 0.5) is 0 Å². The van der Waals surface area contributed by atoms with E-state index in [1.807, 2.05) is 30.7 Å². The number of nitrogens with zero attached hydrogens (tertiary/aromatic N) is 3. The average Bonchev–Trinajstić information content (AvgIpc) is 3.14. The first-order chi connectivity index (χ1) is 11.6. The van der Waals surface area contributed by atoms with Crippen molar-refractivity contribution in [3.05, 3.63) is 42.5 Å². The van der Waals surface area contributed by atoms with Crippen molar-refractivity contribution in [2.45, 2.75) is 25.0 Å². The van der Waals surface area contributed by atoms with Crippen LogP contribution in [0.5, 0.6) is 11.5 Å². The second kappa shape index (κ2) is 7.23. The number of hydrogen-bond donors (Lipinski definition) is 1. The van der Waals surface area contributed by atoms with E-state index in [1.54, 1.807) is 20.4 Å². The molecule has 1 saturated heterocycles. The molecule has 0 unspecified atom stereocenters. The van der Waals surface area contributed by atoms with Crippen molar-refractivity contribution in [2.75, 3.05) is 33.9 Å². The molecular formula is C18H25N3O3. The maximum atomic E-state index is 11.1. The molecule has 6 heteroatoms. The second-order valence-corrected chi connectivity index (χ2v) is 6.28. The Morgan fingerprint density at radius 3 is 2.29 bits per heavy atom. The van der Waals surface area contributed by atoms with Crippen LogP contribution in [0.15, 0.2) is 36.9 Å².